The van der Waals surface area contributed by atoms with Gasteiger partial charge < -0.3 is 9.64 Å². The summed E-state index contributed by atoms with van der Waals surface area (Å²) in [6.45, 7) is 8.95. The fourth-order valence-electron chi connectivity index (χ4n) is 2.29. The Labute approximate surface area is 119 Å². The highest BCUT2D eigenvalue weighted by Crippen LogP contribution is 2.22. The van der Waals surface area contributed by atoms with Gasteiger partial charge in [0.1, 0.15) is 11.9 Å². The molecule has 19 heavy (non-hydrogen) atoms. The number of likely N-dealkylation sites (N-methyl/N-ethyl adjacent to an activating group) is 1. The normalized spacial score (nSPS) is 19.9. The van der Waals surface area contributed by atoms with Crippen LogP contribution in [-0.4, -0.2) is 28.8 Å². The van der Waals surface area contributed by atoms with E-state index in [-0.39, 0.29) is 12.3 Å². The molecule has 102 valence electrons. The number of hydrogen-bond donors (Lipinski definition) is 0. The van der Waals surface area contributed by atoms with E-state index >= 15 is 0 Å². The smallest absolute Gasteiger partial charge is 0.217 e. The quantitative estimate of drug-likeness (QED) is 0.791. The van der Waals surface area contributed by atoms with Crippen LogP contribution >= 0.6 is 12.2 Å². The van der Waals surface area contributed by atoms with Gasteiger partial charge in [0, 0.05) is 6.54 Å². The third-order valence-corrected chi connectivity index (χ3v) is 3.42. The molecule has 0 N–H and O–H groups in total. The fraction of sp³-hybridized carbons (Fsp3) is 0.500. The van der Waals surface area contributed by atoms with Crippen LogP contribution in [-0.2, 0) is 0 Å². The molecule has 4 nitrogen and oxygen atoms in total. The monoisotopic (exact) mass is 277 g/mol. The molecular weight excluding hydrogens is 258 g/mol. The topological polar surface area (TPSA) is 37.2 Å². The Kier molecular flexibility index (Phi) is 4.14. The standard InChI is InChI=1S/C14H19N3OS/c1-5-17-13(15-16-14(17)19)11(4)18-12-7-9(2)6-10(3)8-12/h6-8,11,13H,5H2,1-4H3. The van der Waals surface area contributed by atoms with Crippen LogP contribution in [0.1, 0.15) is 25.0 Å². The van der Waals surface area contributed by atoms with Gasteiger partial charge in [0.2, 0.25) is 5.11 Å². The van der Waals surface area contributed by atoms with Crippen LogP contribution in [0.2, 0.25) is 0 Å². The summed E-state index contributed by atoms with van der Waals surface area (Å²) in [5, 5.41) is 8.71. The zero-order valence-corrected chi connectivity index (χ0v) is 12.6. The summed E-state index contributed by atoms with van der Waals surface area (Å²) in [6.07, 6.45) is -0.219. The van der Waals surface area contributed by atoms with Gasteiger partial charge in [-0.05, 0) is 63.2 Å². The van der Waals surface area contributed by atoms with Crippen LogP contribution in [0.4, 0.5) is 0 Å². The second kappa shape index (κ2) is 5.65. The maximum atomic E-state index is 5.99. The maximum absolute atomic E-state index is 5.99. The summed E-state index contributed by atoms with van der Waals surface area (Å²) in [7, 11) is 0. The molecule has 2 atom stereocenters. The molecule has 2 unspecified atom stereocenters. The average Bonchev–Trinajstić information content (AvgIpc) is 2.68. The van der Waals surface area contributed by atoms with Crippen molar-refractivity contribution in [2.24, 2.45) is 10.2 Å². The Morgan fingerprint density at radius 1 is 1.32 bits per heavy atom. The van der Waals surface area contributed by atoms with Crippen molar-refractivity contribution in [1.82, 2.24) is 4.90 Å². The van der Waals surface area contributed by atoms with E-state index in [2.05, 4.69) is 30.1 Å². The molecule has 1 aliphatic rings. The number of hydrogen-bond acceptors (Lipinski definition) is 3. The van der Waals surface area contributed by atoms with Gasteiger partial charge in [-0.2, -0.15) is 5.11 Å². The zero-order valence-electron chi connectivity index (χ0n) is 11.8. The number of ether oxygens (including phenoxy) is 1. The number of aryl methyl sites for hydroxylation is 2. The van der Waals surface area contributed by atoms with Crippen molar-refractivity contribution in [3.8, 4) is 5.75 Å². The minimum Gasteiger partial charge on any atom is -0.486 e. The highest BCUT2D eigenvalue weighted by atomic mass is 32.1. The number of thiocarbonyl (C=S) groups is 1. The van der Waals surface area contributed by atoms with E-state index in [4.69, 9.17) is 17.0 Å². The van der Waals surface area contributed by atoms with Crippen molar-refractivity contribution in [3.63, 3.8) is 0 Å². The Morgan fingerprint density at radius 2 is 1.95 bits per heavy atom. The van der Waals surface area contributed by atoms with Gasteiger partial charge in [0.05, 0.1) is 0 Å². The summed E-state index contributed by atoms with van der Waals surface area (Å²) >= 11 is 5.15. The van der Waals surface area contributed by atoms with Gasteiger partial charge in [-0.1, -0.05) is 6.07 Å². The lowest BCUT2D eigenvalue weighted by Gasteiger charge is -2.26. The molecule has 0 amide bonds. The first kappa shape index (κ1) is 13.9. The largest absolute Gasteiger partial charge is 0.486 e. The van der Waals surface area contributed by atoms with Gasteiger partial charge in [0.25, 0.3) is 0 Å². The molecule has 1 heterocycles. The molecule has 0 spiro atoms. The van der Waals surface area contributed by atoms with Crippen molar-refractivity contribution in [2.75, 3.05) is 6.54 Å². The van der Waals surface area contributed by atoms with E-state index in [0.717, 1.165) is 12.3 Å². The van der Waals surface area contributed by atoms with Crippen LogP contribution in [0.3, 0.4) is 0 Å². The first-order valence-electron chi connectivity index (χ1n) is 6.47. The minimum atomic E-state index is -0.127. The van der Waals surface area contributed by atoms with E-state index in [1.807, 2.05) is 30.9 Å². The van der Waals surface area contributed by atoms with Gasteiger partial charge in [-0.3, -0.25) is 0 Å². The zero-order chi connectivity index (χ0) is 14.0. The average molecular weight is 277 g/mol. The van der Waals surface area contributed by atoms with Gasteiger partial charge in [-0.15, -0.1) is 5.11 Å². The summed E-state index contributed by atoms with van der Waals surface area (Å²) < 4.78 is 5.99. The Balaban J connectivity index is 2.10. The van der Waals surface area contributed by atoms with Crippen molar-refractivity contribution < 1.29 is 4.74 Å². The second-order valence-corrected chi connectivity index (χ2v) is 5.21. The molecule has 0 fully saturated rings. The molecule has 0 aromatic heterocycles. The molecule has 1 aliphatic heterocycles. The predicted molar refractivity (Wildman–Crippen MR) is 79.6 cm³/mol. The summed E-state index contributed by atoms with van der Waals surface area (Å²) in [5.74, 6) is 0.870. The van der Waals surface area contributed by atoms with Crippen molar-refractivity contribution in [1.29, 1.82) is 0 Å². The molecule has 0 saturated carbocycles. The predicted octanol–water partition coefficient (Wildman–Crippen LogP) is 3.47. The van der Waals surface area contributed by atoms with Gasteiger partial charge in [-0.25, -0.2) is 0 Å². The highest BCUT2D eigenvalue weighted by Gasteiger charge is 2.31. The number of azo groups is 1. The number of nitrogens with zero attached hydrogens (tertiary/aromatic N) is 3. The first-order valence-corrected chi connectivity index (χ1v) is 6.88. The molecule has 0 radical (unpaired) electrons. The molecule has 2 rings (SSSR count). The lowest BCUT2D eigenvalue weighted by Crippen LogP contribution is -2.42. The van der Waals surface area contributed by atoms with Crippen LogP contribution in [0.15, 0.2) is 28.4 Å². The van der Waals surface area contributed by atoms with E-state index in [0.29, 0.717) is 5.11 Å². The van der Waals surface area contributed by atoms with E-state index in [9.17, 15) is 0 Å². The molecule has 5 heteroatoms. The van der Waals surface area contributed by atoms with Crippen LogP contribution in [0, 0.1) is 13.8 Å². The maximum Gasteiger partial charge on any atom is 0.217 e. The fourth-order valence-corrected chi connectivity index (χ4v) is 2.57. The molecule has 1 aromatic rings. The first-order chi connectivity index (χ1) is 9.01. The SMILES string of the molecule is CCN1C(=S)N=NC1C(C)Oc1cc(C)cc(C)c1. The molecule has 0 saturated heterocycles. The van der Waals surface area contributed by atoms with Crippen LogP contribution in [0.25, 0.3) is 0 Å². The second-order valence-electron chi connectivity index (χ2n) is 4.84. The highest BCUT2D eigenvalue weighted by molar-refractivity contribution is 7.80. The van der Waals surface area contributed by atoms with E-state index < -0.39 is 0 Å². The lowest BCUT2D eigenvalue weighted by molar-refractivity contribution is 0.133. The van der Waals surface area contributed by atoms with Crippen molar-refractivity contribution >= 4 is 17.3 Å². The number of benzene rings is 1. The van der Waals surface area contributed by atoms with Crippen LogP contribution in [0.5, 0.6) is 5.75 Å². The molecule has 0 aliphatic carbocycles. The van der Waals surface area contributed by atoms with Gasteiger partial charge >= 0.3 is 0 Å². The third kappa shape index (κ3) is 3.10. The summed E-state index contributed by atoms with van der Waals surface area (Å²) in [5.41, 5.74) is 2.39. The minimum absolute atomic E-state index is 0.0923. The Morgan fingerprint density at radius 3 is 2.53 bits per heavy atom. The Bertz CT molecular complexity index is 495. The summed E-state index contributed by atoms with van der Waals surface area (Å²) in [4.78, 5) is 1.97. The van der Waals surface area contributed by atoms with E-state index in [1.165, 1.54) is 11.1 Å². The molecule has 0 bridgehead atoms. The van der Waals surface area contributed by atoms with Gasteiger partial charge in [0.15, 0.2) is 6.17 Å². The van der Waals surface area contributed by atoms with Crippen molar-refractivity contribution in [2.45, 2.75) is 40.0 Å². The Hall–Kier alpha value is -1.49. The third-order valence-electron chi connectivity index (χ3n) is 3.10. The van der Waals surface area contributed by atoms with Crippen molar-refractivity contribution in [3.05, 3.63) is 29.3 Å². The molecular formula is C14H19N3OS. The molecule has 1 aromatic carbocycles. The lowest BCUT2D eigenvalue weighted by atomic mass is 10.1. The summed E-state index contributed by atoms with van der Waals surface area (Å²) in [6, 6.07) is 6.19. The van der Waals surface area contributed by atoms with Crippen LogP contribution < -0.4 is 4.74 Å². The van der Waals surface area contributed by atoms with E-state index in [1.54, 1.807) is 0 Å². The number of rotatable bonds is 4.